The van der Waals surface area contributed by atoms with Crippen molar-refractivity contribution in [2.45, 2.75) is 75.5 Å². The van der Waals surface area contributed by atoms with Gasteiger partial charge in [0, 0.05) is 17.1 Å². The van der Waals surface area contributed by atoms with Crippen LogP contribution < -0.4 is 5.32 Å². The molecular weight excluding hydrogens is 418 g/mol. The number of hydrogen-bond acceptors (Lipinski definition) is 5. The third-order valence-corrected chi connectivity index (χ3v) is 6.66. The van der Waals surface area contributed by atoms with Gasteiger partial charge < -0.3 is 9.88 Å². The molecule has 1 aromatic carbocycles. The van der Waals surface area contributed by atoms with Crippen LogP contribution in [0.4, 0.5) is 0 Å². The molecule has 0 radical (unpaired) electrons. The van der Waals surface area contributed by atoms with Crippen LogP contribution in [0.1, 0.15) is 58.3 Å². The molecule has 0 unspecified atom stereocenters. The van der Waals surface area contributed by atoms with Crippen LogP contribution in [0.25, 0.3) is 11.4 Å². The molecular formula is C22H28ClN5OS. The van der Waals surface area contributed by atoms with Crippen molar-refractivity contribution in [3.63, 3.8) is 0 Å². The van der Waals surface area contributed by atoms with E-state index in [9.17, 15) is 10.1 Å². The number of nitrogens with zero attached hydrogens (tertiary/aromatic N) is 4. The van der Waals surface area contributed by atoms with Crippen molar-refractivity contribution in [2.24, 2.45) is 0 Å². The highest BCUT2D eigenvalue weighted by molar-refractivity contribution is 7.99. The van der Waals surface area contributed by atoms with E-state index in [1.807, 2.05) is 24.3 Å². The topological polar surface area (TPSA) is 83.6 Å². The van der Waals surface area contributed by atoms with Gasteiger partial charge in [0.05, 0.1) is 11.8 Å². The van der Waals surface area contributed by atoms with E-state index in [1.54, 1.807) is 0 Å². The average molecular weight is 446 g/mol. The standard InChI is InChI=1S/C22H28ClN5OS/c1-2-3-4-7-14-28-20(17-8-10-18(23)11-9-17)26-27-21(28)30-15-19(29)25-22(16-24)12-5-6-13-22/h8-11H,2-7,12-15H2,1H3,(H,25,29). The van der Waals surface area contributed by atoms with Gasteiger partial charge in [-0.2, -0.15) is 5.26 Å². The Balaban J connectivity index is 1.70. The number of thioether (sulfide) groups is 1. The molecule has 0 aliphatic heterocycles. The maximum Gasteiger partial charge on any atom is 0.231 e. The fourth-order valence-electron chi connectivity index (χ4n) is 3.78. The van der Waals surface area contributed by atoms with Gasteiger partial charge >= 0.3 is 0 Å². The van der Waals surface area contributed by atoms with Crippen LogP contribution in [0.2, 0.25) is 5.02 Å². The first kappa shape index (κ1) is 22.6. The van der Waals surface area contributed by atoms with Crippen molar-refractivity contribution >= 4 is 29.3 Å². The zero-order valence-electron chi connectivity index (χ0n) is 17.4. The Kier molecular flexibility index (Phi) is 8.17. The van der Waals surface area contributed by atoms with Gasteiger partial charge in [-0.15, -0.1) is 10.2 Å². The van der Waals surface area contributed by atoms with Crippen LogP contribution in [-0.4, -0.2) is 32.0 Å². The van der Waals surface area contributed by atoms with E-state index in [2.05, 4.69) is 33.1 Å². The first-order valence-corrected chi connectivity index (χ1v) is 12.0. The van der Waals surface area contributed by atoms with E-state index in [4.69, 9.17) is 11.6 Å². The molecule has 3 rings (SSSR count). The highest BCUT2D eigenvalue weighted by Crippen LogP contribution is 2.30. The lowest BCUT2D eigenvalue weighted by Gasteiger charge is -2.21. The Hall–Kier alpha value is -2.04. The number of aromatic nitrogens is 3. The lowest BCUT2D eigenvalue weighted by molar-refractivity contribution is -0.119. The molecule has 0 spiro atoms. The molecule has 30 heavy (non-hydrogen) atoms. The number of carbonyl (C=O) groups is 1. The molecule has 0 saturated heterocycles. The minimum Gasteiger partial charge on any atom is -0.337 e. The van der Waals surface area contributed by atoms with Crippen molar-refractivity contribution in [2.75, 3.05) is 5.75 Å². The highest BCUT2D eigenvalue weighted by atomic mass is 35.5. The summed E-state index contributed by atoms with van der Waals surface area (Å²) in [7, 11) is 0. The predicted octanol–water partition coefficient (Wildman–Crippen LogP) is 5.22. The molecule has 1 N–H and O–H groups in total. The van der Waals surface area contributed by atoms with Gasteiger partial charge in [-0.3, -0.25) is 4.79 Å². The van der Waals surface area contributed by atoms with Gasteiger partial charge in [0.15, 0.2) is 11.0 Å². The maximum absolute atomic E-state index is 12.5. The quantitative estimate of drug-likeness (QED) is 0.400. The summed E-state index contributed by atoms with van der Waals surface area (Å²) in [5, 5.41) is 22.6. The average Bonchev–Trinajstić information content (AvgIpc) is 3.38. The van der Waals surface area contributed by atoms with Crippen molar-refractivity contribution < 1.29 is 4.79 Å². The molecule has 0 atom stereocenters. The summed E-state index contributed by atoms with van der Waals surface area (Å²) in [6, 6.07) is 9.86. The van der Waals surface area contributed by atoms with E-state index < -0.39 is 5.54 Å². The van der Waals surface area contributed by atoms with E-state index >= 15 is 0 Å². The summed E-state index contributed by atoms with van der Waals surface area (Å²) in [6.07, 6.45) is 7.97. The highest BCUT2D eigenvalue weighted by Gasteiger charge is 2.35. The van der Waals surface area contributed by atoms with Crippen molar-refractivity contribution in [3.05, 3.63) is 29.3 Å². The third-order valence-electron chi connectivity index (χ3n) is 5.44. The molecule has 1 fully saturated rings. The summed E-state index contributed by atoms with van der Waals surface area (Å²) in [5.74, 6) is 0.879. The first-order valence-electron chi connectivity index (χ1n) is 10.6. The Morgan fingerprint density at radius 2 is 1.97 bits per heavy atom. The molecule has 1 aliphatic rings. The fraction of sp³-hybridized carbons (Fsp3) is 0.545. The number of hydrogen-bond donors (Lipinski definition) is 1. The lowest BCUT2D eigenvalue weighted by atomic mass is 10.0. The smallest absolute Gasteiger partial charge is 0.231 e. The predicted molar refractivity (Wildman–Crippen MR) is 120 cm³/mol. The van der Waals surface area contributed by atoms with Crippen molar-refractivity contribution in [1.29, 1.82) is 5.26 Å². The largest absolute Gasteiger partial charge is 0.337 e. The number of nitriles is 1. The first-order chi connectivity index (χ1) is 14.6. The molecule has 1 aromatic heterocycles. The molecule has 8 heteroatoms. The maximum atomic E-state index is 12.5. The van der Waals surface area contributed by atoms with Crippen LogP contribution in [0.3, 0.4) is 0 Å². The summed E-state index contributed by atoms with van der Waals surface area (Å²) in [5.41, 5.74) is 0.257. The van der Waals surface area contributed by atoms with Gasteiger partial charge in [0.25, 0.3) is 0 Å². The summed E-state index contributed by atoms with van der Waals surface area (Å²) in [6.45, 7) is 2.99. The van der Waals surface area contributed by atoms with Crippen LogP contribution in [0.5, 0.6) is 0 Å². The zero-order valence-corrected chi connectivity index (χ0v) is 18.9. The number of benzene rings is 1. The Labute approximate surface area is 187 Å². The van der Waals surface area contributed by atoms with E-state index in [1.165, 1.54) is 24.6 Å². The van der Waals surface area contributed by atoms with Crippen molar-refractivity contribution in [1.82, 2.24) is 20.1 Å². The van der Waals surface area contributed by atoms with Gasteiger partial charge in [0.2, 0.25) is 5.91 Å². The minimum absolute atomic E-state index is 0.128. The fourth-order valence-corrected chi connectivity index (χ4v) is 4.67. The van der Waals surface area contributed by atoms with Gasteiger partial charge in [-0.25, -0.2) is 0 Å². The number of unbranched alkanes of at least 4 members (excludes halogenated alkanes) is 3. The number of rotatable bonds is 10. The molecule has 1 heterocycles. The van der Waals surface area contributed by atoms with Crippen LogP contribution in [0, 0.1) is 11.3 Å². The van der Waals surface area contributed by atoms with Crippen LogP contribution >= 0.6 is 23.4 Å². The Morgan fingerprint density at radius 3 is 2.63 bits per heavy atom. The summed E-state index contributed by atoms with van der Waals surface area (Å²) >= 11 is 7.40. The number of halogens is 1. The number of nitrogens with one attached hydrogen (secondary N) is 1. The van der Waals surface area contributed by atoms with Gasteiger partial charge in [-0.1, -0.05) is 49.5 Å². The second-order valence-corrected chi connectivity index (χ2v) is 9.14. The van der Waals surface area contributed by atoms with Gasteiger partial charge in [0.1, 0.15) is 5.54 Å². The van der Waals surface area contributed by atoms with E-state index in [0.29, 0.717) is 5.02 Å². The Bertz CT molecular complexity index is 884. The molecule has 2 aromatic rings. The third kappa shape index (κ3) is 5.77. The molecule has 0 bridgehead atoms. The summed E-state index contributed by atoms with van der Waals surface area (Å²) in [4.78, 5) is 12.5. The van der Waals surface area contributed by atoms with E-state index in [-0.39, 0.29) is 11.7 Å². The van der Waals surface area contributed by atoms with Crippen LogP contribution in [0.15, 0.2) is 29.4 Å². The molecule has 1 aliphatic carbocycles. The Morgan fingerprint density at radius 1 is 1.23 bits per heavy atom. The monoisotopic (exact) mass is 445 g/mol. The lowest BCUT2D eigenvalue weighted by Crippen LogP contribution is -2.45. The van der Waals surface area contributed by atoms with Gasteiger partial charge in [-0.05, 0) is 56.4 Å². The molecule has 6 nitrogen and oxygen atoms in total. The minimum atomic E-state index is -0.695. The van der Waals surface area contributed by atoms with E-state index in [0.717, 1.165) is 61.6 Å². The molecule has 1 amide bonds. The number of carbonyl (C=O) groups excluding carboxylic acids is 1. The molecule has 1 saturated carbocycles. The zero-order chi connectivity index (χ0) is 21.4. The number of amides is 1. The molecule has 160 valence electrons. The summed E-state index contributed by atoms with van der Waals surface area (Å²) < 4.78 is 2.09. The second kappa shape index (κ2) is 10.8. The SMILES string of the molecule is CCCCCCn1c(SCC(=O)NC2(C#N)CCCC2)nnc1-c1ccc(Cl)cc1. The van der Waals surface area contributed by atoms with Crippen molar-refractivity contribution in [3.8, 4) is 17.5 Å². The van der Waals surface area contributed by atoms with Crippen LogP contribution in [-0.2, 0) is 11.3 Å². The second-order valence-electron chi connectivity index (χ2n) is 7.76. The normalized spacial score (nSPS) is 15.1.